The molecule has 0 aliphatic heterocycles. The predicted octanol–water partition coefficient (Wildman–Crippen LogP) is 4.19. The summed E-state index contributed by atoms with van der Waals surface area (Å²) in [6.45, 7) is 4.50. The molecule has 0 fully saturated rings. The largest absolute Gasteiger partial charge is 0.149 e. The van der Waals surface area contributed by atoms with Crippen molar-refractivity contribution in [3.63, 3.8) is 0 Å². The quantitative estimate of drug-likeness (QED) is 0.648. The molecule has 1 aromatic heterocycles. The minimum absolute atomic E-state index is 0.670. The SMILES string of the molecule is CC(C)C(CCl)CCc1cccs1. The fourth-order valence-electron chi connectivity index (χ4n) is 1.37. The Bertz CT molecular complexity index is 216. The zero-order valence-electron chi connectivity index (χ0n) is 8.29. The minimum atomic E-state index is 0.670. The molecule has 1 atom stereocenters. The summed E-state index contributed by atoms with van der Waals surface area (Å²) in [6.07, 6.45) is 2.41. The van der Waals surface area contributed by atoms with Gasteiger partial charge in [-0.3, -0.25) is 0 Å². The average molecular weight is 217 g/mol. The molecule has 1 heterocycles. The maximum absolute atomic E-state index is 5.91. The number of hydrogen-bond acceptors (Lipinski definition) is 1. The molecule has 1 rings (SSSR count). The highest BCUT2D eigenvalue weighted by atomic mass is 35.5. The standard InChI is InChI=1S/C11H17ClS/c1-9(2)10(8-12)5-6-11-4-3-7-13-11/h3-4,7,9-10H,5-6,8H2,1-2H3. The first-order chi connectivity index (χ1) is 6.24. The van der Waals surface area contributed by atoms with Gasteiger partial charge in [0.1, 0.15) is 0 Å². The lowest BCUT2D eigenvalue weighted by Crippen LogP contribution is -2.11. The summed E-state index contributed by atoms with van der Waals surface area (Å²) in [6, 6.07) is 4.32. The van der Waals surface area contributed by atoms with Crippen LogP contribution in [0.1, 0.15) is 25.1 Å². The third-order valence-electron chi connectivity index (χ3n) is 2.48. The van der Waals surface area contributed by atoms with Gasteiger partial charge in [0.05, 0.1) is 0 Å². The third kappa shape index (κ3) is 3.70. The molecule has 2 heteroatoms. The minimum Gasteiger partial charge on any atom is -0.149 e. The summed E-state index contributed by atoms with van der Waals surface area (Å²) in [4.78, 5) is 1.48. The number of aryl methyl sites for hydroxylation is 1. The van der Waals surface area contributed by atoms with E-state index >= 15 is 0 Å². The average Bonchev–Trinajstić information content (AvgIpc) is 2.57. The van der Waals surface area contributed by atoms with Crippen molar-refractivity contribution in [2.24, 2.45) is 11.8 Å². The Balaban J connectivity index is 2.32. The van der Waals surface area contributed by atoms with Crippen molar-refractivity contribution in [3.05, 3.63) is 22.4 Å². The summed E-state index contributed by atoms with van der Waals surface area (Å²) in [7, 11) is 0. The Morgan fingerprint density at radius 1 is 1.46 bits per heavy atom. The van der Waals surface area contributed by atoms with Crippen LogP contribution in [0.3, 0.4) is 0 Å². The molecule has 0 amide bonds. The van der Waals surface area contributed by atoms with Crippen LogP contribution in [-0.2, 0) is 6.42 Å². The molecule has 0 aromatic carbocycles. The van der Waals surface area contributed by atoms with Crippen molar-refractivity contribution in [1.29, 1.82) is 0 Å². The van der Waals surface area contributed by atoms with Crippen molar-refractivity contribution in [1.82, 2.24) is 0 Å². The molecule has 74 valence electrons. The highest BCUT2D eigenvalue weighted by Crippen LogP contribution is 2.21. The van der Waals surface area contributed by atoms with Crippen molar-refractivity contribution in [3.8, 4) is 0 Å². The van der Waals surface area contributed by atoms with Gasteiger partial charge in [0.25, 0.3) is 0 Å². The fourth-order valence-corrected chi connectivity index (χ4v) is 2.61. The van der Waals surface area contributed by atoms with Gasteiger partial charge in [0.2, 0.25) is 0 Å². The zero-order chi connectivity index (χ0) is 9.68. The molecular weight excluding hydrogens is 200 g/mol. The van der Waals surface area contributed by atoms with Gasteiger partial charge in [0, 0.05) is 10.8 Å². The van der Waals surface area contributed by atoms with Crippen LogP contribution in [0.2, 0.25) is 0 Å². The van der Waals surface area contributed by atoms with Crippen LogP contribution in [0.4, 0.5) is 0 Å². The van der Waals surface area contributed by atoms with E-state index in [9.17, 15) is 0 Å². The molecule has 1 unspecified atom stereocenters. The summed E-state index contributed by atoms with van der Waals surface area (Å²) in [5, 5.41) is 2.14. The van der Waals surface area contributed by atoms with Crippen molar-refractivity contribution in [2.75, 3.05) is 5.88 Å². The molecule has 0 saturated carbocycles. The normalized spacial score (nSPS) is 13.5. The van der Waals surface area contributed by atoms with Crippen molar-refractivity contribution >= 4 is 22.9 Å². The van der Waals surface area contributed by atoms with Gasteiger partial charge < -0.3 is 0 Å². The van der Waals surface area contributed by atoms with Gasteiger partial charge in [-0.2, -0.15) is 0 Å². The predicted molar refractivity (Wildman–Crippen MR) is 61.7 cm³/mol. The Kier molecular flexibility index (Phi) is 4.82. The molecule has 13 heavy (non-hydrogen) atoms. The van der Waals surface area contributed by atoms with Crippen LogP contribution in [0.25, 0.3) is 0 Å². The van der Waals surface area contributed by atoms with E-state index in [1.165, 1.54) is 17.7 Å². The number of halogens is 1. The second-order valence-corrected chi connectivity index (χ2v) is 5.12. The Morgan fingerprint density at radius 2 is 2.23 bits per heavy atom. The lowest BCUT2D eigenvalue weighted by molar-refractivity contribution is 0.398. The van der Waals surface area contributed by atoms with Crippen LogP contribution < -0.4 is 0 Å². The first-order valence-electron chi connectivity index (χ1n) is 4.82. The molecule has 0 nitrogen and oxygen atoms in total. The second kappa shape index (κ2) is 5.66. The topological polar surface area (TPSA) is 0 Å². The number of thiophene rings is 1. The van der Waals surface area contributed by atoms with Crippen LogP contribution in [-0.4, -0.2) is 5.88 Å². The van der Waals surface area contributed by atoms with E-state index in [2.05, 4.69) is 31.4 Å². The van der Waals surface area contributed by atoms with E-state index in [4.69, 9.17) is 11.6 Å². The highest BCUT2D eigenvalue weighted by molar-refractivity contribution is 7.09. The molecule has 0 aliphatic rings. The lowest BCUT2D eigenvalue weighted by Gasteiger charge is -2.16. The van der Waals surface area contributed by atoms with E-state index in [1.54, 1.807) is 0 Å². The Hall–Kier alpha value is -0.0100. The summed E-state index contributed by atoms with van der Waals surface area (Å²) in [5.41, 5.74) is 0. The molecule has 0 N–H and O–H groups in total. The number of rotatable bonds is 5. The Labute approximate surface area is 89.9 Å². The molecular formula is C11H17ClS. The smallest absolute Gasteiger partial charge is 0.0254 e. The van der Waals surface area contributed by atoms with E-state index < -0.39 is 0 Å². The van der Waals surface area contributed by atoms with Crippen molar-refractivity contribution in [2.45, 2.75) is 26.7 Å². The maximum atomic E-state index is 5.91. The van der Waals surface area contributed by atoms with E-state index in [0.29, 0.717) is 11.8 Å². The Morgan fingerprint density at radius 3 is 2.69 bits per heavy atom. The van der Waals surface area contributed by atoms with E-state index in [-0.39, 0.29) is 0 Å². The van der Waals surface area contributed by atoms with Gasteiger partial charge in [-0.1, -0.05) is 19.9 Å². The van der Waals surface area contributed by atoms with Crippen LogP contribution in [0.15, 0.2) is 17.5 Å². The van der Waals surface area contributed by atoms with Crippen LogP contribution in [0, 0.1) is 11.8 Å². The van der Waals surface area contributed by atoms with Gasteiger partial charge in [-0.15, -0.1) is 22.9 Å². The fraction of sp³-hybridized carbons (Fsp3) is 0.636. The summed E-state index contributed by atoms with van der Waals surface area (Å²) in [5.74, 6) is 2.17. The van der Waals surface area contributed by atoms with Gasteiger partial charge in [0.15, 0.2) is 0 Å². The number of hydrogen-bond donors (Lipinski definition) is 0. The van der Waals surface area contributed by atoms with Crippen LogP contribution in [0.5, 0.6) is 0 Å². The molecule has 0 bridgehead atoms. The van der Waals surface area contributed by atoms with Gasteiger partial charge in [-0.05, 0) is 36.1 Å². The van der Waals surface area contributed by atoms with Gasteiger partial charge >= 0.3 is 0 Å². The summed E-state index contributed by atoms with van der Waals surface area (Å²) >= 11 is 7.75. The monoisotopic (exact) mass is 216 g/mol. The maximum Gasteiger partial charge on any atom is 0.0254 e. The van der Waals surface area contributed by atoms with Crippen molar-refractivity contribution < 1.29 is 0 Å². The summed E-state index contributed by atoms with van der Waals surface area (Å²) < 4.78 is 0. The molecule has 0 saturated heterocycles. The third-order valence-corrected chi connectivity index (χ3v) is 3.82. The molecule has 0 aliphatic carbocycles. The first kappa shape index (κ1) is 11.1. The van der Waals surface area contributed by atoms with E-state index in [0.717, 1.165) is 5.88 Å². The second-order valence-electron chi connectivity index (χ2n) is 3.78. The van der Waals surface area contributed by atoms with E-state index in [1.807, 2.05) is 11.3 Å². The lowest BCUT2D eigenvalue weighted by atomic mass is 9.93. The number of alkyl halides is 1. The molecule has 0 spiro atoms. The first-order valence-corrected chi connectivity index (χ1v) is 6.23. The van der Waals surface area contributed by atoms with Gasteiger partial charge in [-0.25, -0.2) is 0 Å². The highest BCUT2D eigenvalue weighted by Gasteiger charge is 2.11. The van der Waals surface area contributed by atoms with Crippen LogP contribution >= 0.6 is 22.9 Å². The zero-order valence-corrected chi connectivity index (χ0v) is 9.87. The molecule has 1 aromatic rings. The molecule has 0 radical (unpaired) electrons.